The first kappa shape index (κ1) is 19.9. The van der Waals surface area contributed by atoms with Crippen LogP contribution in [0.4, 0.5) is 0 Å². The summed E-state index contributed by atoms with van der Waals surface area (Å²) in [7, 11) is 0. The first-order valence-corrected chi connectivity index (χ1v) is 9.35. The fourth-order valence-electron chi connectivity index (χ4n) is 3.85. The Morgan fingerprint density at radius 1 is 1.11 bits per heavy atom. The molecule has 0 spiro atoms. The predicted octanol–water partition coefficient (Wildman–Crippen LogP) is 1.16. The molecule has 3 fully saturated rings. The molecule has 8 nitrogen and oxygen atoms in total. The zero-order valence-electron chi connectivity index (χ0n) is 15.5. The lowest BCUT2D eigenvalue weighted by Gasteiger charge is -2.44. The molecule has 4 heterocycles. The molecule has 3 N–H and O–H groups in total. The zero-order chi connectivity index (χ0) is 20.1. The lowest BCUT2D eigenvalue weighted by molar-refractivity contribution is -0.134. The number of carbonyl (C=O) groups is 3. The van der Waals surface area contributed by atoms with Crippen molar-refractivity contribution in [2.75, 3.05) is 26.2 Å². The number of piperidine rings is 3. The lowest BCUT2D eigenvalue weighted by Crippen LogP contribution is -2.57. The number of nitrogens with zero attached hydrogens (tertiary/aromatic N) is 1. The van der Waals surface area contributed by atoms with Crippen molar-refractivity contribution >= 4 is 17.8 Å². The Morgan fingerprint density at radius 3 is 2.36 bits per heavy atom. The zero-order valence-corrected chi connectivity index (χ0v) is 15.5. The van der Waals surface area contributed by atoms with E-state index in [0.29, 0.717) is 24.1 Å². The Labute approximate surface area is 162 Å². The highest BCUT2D eigenvalue weighted by atomic mass is 16.5. The van der Waals surface area contributed by atoms with Gasteiger partial charge in [-0.05, 0) is 55.6 Å². The normalized spacial score (nSPS) is 24.6. The van der Waals surface area contributed by atoms with Gasteiger partial charge in [0, 0.05) is 36.7 Å². The van der Waals surface area contributed by atoms with E-state index < -0.39 is 11.9 Å². The van der Waals surface area contributed by atoms with Crippen LogP contribution in [0.5, 0.6) is 5.75 Å². The van der Waals surface area contributed by atoms with Gasteiger partial charge >= 0.3 is 11.9 Å². The number of rotatable bonds is 4. The maximum atomic E-state index is 12.4. The molecule has 2 bridgehead atoms. The van der Waals surface area contributed by atoms with Crippen LogP contribution in [0, 0.1) is 5.92 Å². The van der Waals surface area contributed by atoms with Crippen molar-refractivity contribution in [3.63, 3.8) is 0 Å². The number of aliphatic carboxylic acids is 2. The lowest BCUT2D eigenvalue weighted by atomic mass is 9.84. The standard InChI is InChI=1S/C16H20N2O2.C4H4O4/c19-16(13-1-2-15-12(9-13)5-8-20-15)17-14-10-18-6-3-11(14)4-7-18;5-3(6)1-2-4(7)8/h1-2,9,11,14H,3-8,10H2,(H,17,19);1-2H,(H,5,6)(H,7,8)/b;2-1+/t14-;/m0./s1. The van der Waals surface area contributed by atoms with Crippen molar-refractivity contribution in [3.05, 3.63) is 41.5 Å². The summed E-state index contributed by atoms with van der Waals surface area (Å²) in [5.41, 5.74) is 1.93. The van der Waals surface area contributed by atoms with E-state index in [1.165, 1.54) is 25.9 Å². The number of hydrogen-bond acceptors (Lipinski definition) is 5. The quantitative estimate of drug-likeness (QED) is 0.663. The molecule has 150 valence electrons. The van der Waals surface area contributed by atoms with Crippen molar-refractivity contribution in [1.82, 2.24) is 10.2 Å². The third-order valence-corrected chi connectivity index (χ3v) is 5.29. The molecule has 0 saturated carbocycles. The van der Waals surface area contributed by atoms with Crippen LogP contribution in [0.1, 0.15) is 28.8 Å². The third kappa shape index (κ3) is 5.10. The van der Waals surface area contributed by atoms with E-state index in [0.717, 1.165) is 36.4 Å². The Kier molecular flexibility index (Phi) is 6.30. The number of carboxylic acids is 2. The van der Waals surface area contributed by atoms with Crippen LogP contribution >= 0.6 is 0 Å². The smallest absolute Gasteiger partial charge is 0.328 e. The molecule has 4 aliphatic heterocycles. The van der Waals surface area contributed by atoms with Crippen LogP contribution in [-0.2, 0) is 16.0 Å². The first-order valence-electron chi connectivity index (χ1n) is 9.35. The molecule has 1 aromatic rings. The summed E-state index contributed by atoms with van der Waals surface area (Å²) >= 11 is 0. The molecular formula is C20H24N2O6. The van der Waals surface area contributed by atoms with Crippen molar-refractivity contribution in [2.45, 2.75) is 25.3 Å². The topological polar surface area (TPSA) is 116 Å². The van der Waals surface area contributed by atoms with Crippen LogP contribution in [0.15, 0.2) is 30.4 Å². The Morgan fingerprint density at radius 2 is 1.79 bits per heavy atom. The number of amides is 1. The minimum Gasteiger partial charge on any atom is -0.493 e. The van der Waals surface area contributed by atoms with E-state index in [1.807, 2.05) is 18.2 Å². The number of nitrogens with one attached hydrogen (secondary N) is 1. The average molecular weight is 388 g/mol. The minimum absolute atomic E-state index is 0.0680. The number of ether oxygens (including phenoxy) is 1. The fraction of sp³-hybridized carbons (Fsp3) is 0.450. The number of carbonyl (C=O) groups excluding carboxylic acids is 1. The van der Waals surface area contributed by atoms with E-state index >= 15 is 0 Å². The highest BCUT2D eigenvalue weighted by Crippen LogP contribution is 2.29. The summed E-state index contributed by atoms with van der Waals surface area (Å²) in [5.74, 6) is -0.843. The second kappa shape index (κ2) is 8.88. The van der Waals surface area contributed by atoms with Gasteiger partial charge < -0.3 is 25.2 Å². The summed E-state index contributed by atoms with van der Waals surface area (Å²) in [6.45, 7) is 4.16. The van der Waals surface area contributed by atoms with Crippen LogP contribution < -0.4 is 10.1 Å². The monoisotopic (exact) mass is 388 g/mol. The molecule has 4 aliphatic rings. The largest absolute Gasteiger partial charge is 0.493 e. The van der Waals surface area contributed by atoms with Crippen molar-refractivity contribution in [2.24, 2.45) is 5.92 Å². The number of fused-ring (bicyclic) bond motifs is 4. The van der Waals surface area contributed by atoms with Gasteiger partial charge in [0.15, 0.2) is 0 Å². The van der Waals surface area contributed by atoms with Gasteiger partial charge in [0.25, 0.3) is 5.91 Å². The number of hydrogen-bond donors (Lipinski definition) is 3. The molecule has 5 rings (SSSR count). The van der Waals surface area contributed by atoms with E-state index in [1.54, 1.807) is 0 Å². The van der Waals surface area contributed by atoms with E-state index in [9.17, 15) is 14.4 Å². The summed E-state index contributed by atoms with van der Waals surface area (Å²) in [4.78, 5) is 34.0. The maximum Gasteiger partial charge on any atom is 0.328 e. The molecule has 1 atom stereocenters. The Hall–Kier alpha value is -2.87. The molecule has 1 aromatic carbocycles. The summed E-state index contributed by atoms with van der Waals surface area (Å²) in [5, 5.41) is 18.9. The van der Waals surface area contributed by atoms with Crippen molar-refractivity contribution < 1.29 is 29.3 Å². The number of benzene rings is 1. The Balaban J connectivity index is 0.000000242. The van der Waals surface area contributed by atoms with Gasteiger partial charge in [-0.25, -0.2) is 9.59 Å². The van der Waals surface area contributed by atoms with Gasteiger partial charge in [-0.3, -0.25) is 4.79 Å². The molecule has 28 heavy (non-hydrogen) atoms. The molecule has 0 unspecified atom stereocenters. The van der Waals surface area contributed by atoms with Crippen LogP contribution in [0.3, 0.4) is 0 Å². The van der Waals surface area contributed by atoms with Crippen LogP contribution in [0.25, 0.3) is 0 Å². The minimum atomic E-state index is -1.26. The van der Waals surface area contributed by atoms with Crippen molar-refractivity contribution in [3.8, 4) is 5.75 Å². The first-order chi connectivity index (χ1) is 13.4. The summed E-state index contributed by atoms with van der Waals surface area (Å²) in [6, 6.07) is 6.11. The molecule has 0 aliphatic carbocycles. The molecule has 0 aromatic heterocycles. The van der Waals surface area contributed by atoms with Gasteiger partial charge in [-0.2, -0.15) is 0 Å². The van der Waals surface area contributed by atoms with E-state index in [4.69, 9.17) is 14.9 Å². The highest BCUT2D eigenvalue weighted by molar-refractivity contribution is 5.95. The third-order valence-electron chi connectivity index (χ3n) is 5.29. The summed E-state index contributed by atoms with van der Waals surface area (Å²) in [6.07, 6.45) is 4.48. The average Bonchev–Trinajstić information content (AvgIpc) is 3.15. The maximum absolute atomic E-state index is 12.4. The fourth-order valence-corrected chi connectivity index (χ4v) is 3.85. The van der Waals surface area contributed by atoms with Crippen LogP contribution in [-0.4, -0.2) is 65.2 Å². The van der Waals surface area contributed by atoms with Gasteiger partial charge in [0.2, 0.25) is 0 Å². The van der Waals surface area contributed by atoms with Gasteiger partial charge in [0.05, 0.1) is 6.61 Å². The number of carboxylic acid groups (broad SMARTS) is 2. The molecule has 8 heteroatoms. The van der Waals surface area contributed by atoms with E-state index in [-0.39, 0.29) is 5.91 Å². The summed E-state index contributed by atoms with van der Waals surface area (Å²) < 4.78 is 5.49. The van der Waals surface area contributed by atoms with E-state index in [2.05, 4.69) is 10.2 Å². The molecular weight excluding hydrogens is 364 g/mol. The predicted molar refractivity (Wildman–Crippen MR) is 100 cm³/mol. The van der Waals surface area contributed by atoms with Gasteiger partial charge in [-0.1, -0.05) is 0 Å². The highest BCUT2D eigenvalue weighted by Gasteiger charge is 2.35. The van der Waals surface area contributed by atoms with Gasteiger partial charge in [0.1, 0.15) is 5.75 Å². The molecule has 0 radical (unpaired) electrons. The molecule has 1 amide bonds. The van der Waals surface area contributed by atoms with Crippen molar-refractivity contribution in [1.29, 1.82) is 0 Å². The Bertz CT molecular complexity index is 767. The SMILES string of the molecule is O=C(N[C@H]1CN2CCC1CC2)c1ccc2c(c1)CCO2.O=C(O)/C=C/C(=O)O. The van der Waals surface area contributed by atoms with Gasteiger partial charge in [-0.15, -0.1) is 0 Å². The molecule has 3 saturated heterocycles. The second-order valence-electron chi connectivity index (χ2n) is 7.15. The van der Waals surface area contributed by atoms with Crippen LogP contribution in [0.2, 0.25) is 0 Å². The second-order valence-corrected chi connectivity index (χ2v) is 7.15.